The minimum atomic E-state index is -0.125. The van der Waals surface area contributed by atoms with Crippen molar-refractivity contribution < 1.29 is 9.84 Å². The predicted octanol–water partition coefficient (Wildman–Crippen LogP) is 3.83. The van der Waals surface area contributed by atoms with Crippen molar-refractivity contribution in [1.82, 2.24) is 0 Å². The molecule has 1 fully saturated rings. The molecule has 0 bridgehead atoms. The van der Waals surface area contributed by atoms with Crippen molar-refractivity contribution in [3.63, 3.8) is 0 Å². The first-order valence-corrected chi connectivity index (χ1v) is 6.82. The van der Waals surface area contributed by atoms with Crippen molar-refractivity contribution in [3.8, 4) is 5.75 Å². The molecule has 1 unspecified atom stereocenters. The van der Waals surface area contributed by atoms with Crippen LogP contribution in [0, 0.1) is 0 Å². The largest absolute Gasteiger partial charge is 0.508 e. The molecule has 3 heteroatoms. The maximum absolute atomic E-state index is 9.48. The summed E-state index contributed by atoms with van der Waals surface area (Å²) in [6, 6.07) is 7.42. The molecule has 0 saturated carbocycles. The first-order chi connectivity index (χ1) is 7.78. The first kappa shape index (κ1) is 12.8. The molecule has 1 heterocycles. The van der Waals surface area contributed by atoms with E-state index in [9.17, 15) is 5.11 Å². The number of rotatable bonds is 2. The number of phenolic OH excluding ortho intramolecular Hbond substituents is 1. The van der Waals surface area contributed by atoms with Gasteiger partial charge in [0.15, 0.2) is 0 Å². The second kappa shape index (κ2) is 4.21. The van der Waals surface area contributed by atoms with Crippen LogP contribution < -0.4 is 0 Å². The van der Waals surface area contributed by atoms with Gasteiger partial charge in [-0.1, -0.05) is 6.07 Å². The van der Waals surface area contributed by atoms with E-state index in [1.54, 1.807) is 17.8 Å². The van der Waals surface area contributed by atoms with Gasteiger partial charge in [0.05, 0.1) is 11.2 Å². The van der Waals surface area contributed by atoms with Gasteiger partial charge in [-0.3, -0.25) is 0 Å². The van der Waals surface area contributed by atoms with Crippen LogP contribution in [0.3, 0.4) is 0 Å². The molecular formula is C14H20O2S. The third-order valence-electron chi connectivity index (χ3n) is 3.09. The van der Waals surface area contributed by atoms with Crippen molar-refractivity contribution >= 4 is 11.8 Å². The Kier molecular flexibility index (Phi) is 3.17. The van der Waals surface area contributed by atoms with E-state index in [0.29, 0.717) is 11.0 Å². The van der Waals surface area contributed by atoms with E-state index in [1.807, 2.05) is 18.2 Å². The minimum absolute atomic E-state index is 0.0575. The Balaban J connectivity index is 2.14. The van der Waals surface area contributed by atoms with Gasteiger partial charge in [-0.05, 0) is 52.3 Å². The van der Waals surface area contributed by atoms with Crippen LogP contribution in [-0.4, -0.2) is 21.6 Å². The Morgan fingerprint density at radius 3 is 2.53 bits per heavy atom. The molecule has 2 nitrogen and oxygen atoms in total. The lowest BCUT2D eigenvalue weighted by Crippen LogP contribution is -2.30. The summed E-state index contributed by atoms with van der Waals surface area (Å²) in [5.74, 6) is 0.325. The summed E-state index contributed by atoms with van der Waals surface area (Å²) in [5.41, 5.74) is -0.183. The molecule has 1 aromatic carbocycles. The molecule has 94 valence electrons. The summed E-state index contributed by atoms with van der Waals surface area (Å²) in [6.45, 7) is 8.56. The number of benzene rings is 1. The molecule has 0 radical (unpaired) electrons. The topological polar surface area (TPSA) is 29.5 Å². The standard InChI is InChI=1S/C14H20O2S/c1-13(2)9-12(14(3,4)16-13)17-11-7-5-6-10(15)8-11/h5-8,12,15H,9H2,1-4H3. The SMILES string of the molecule is CC1(C)CC(Sc2cccc(O)c2)C(C)(C)O1. The van der Waals surface area contributed by atoms with E-state index in [2.05, 4.69) is 27.7 Å². The summed E-state index contributed by atoms with van der Waals surface area (Å²) in [7, 11) is 0. The van der Waals surface area contributed by atoms with Gasteiger partial charge >= 0.3 is 0 Å². The number of ether oxygens (including phenoxy) is 1. The molecule has 0 amide bonds. The second-order valence-electron chi connectivity index (χ2n) is 5.77. The average Bonchev–Trinajstić information content (AvgIpc) is 2.34. The monoisotopic (exact) mass is 252 g/mol. The molecule has 0 aromatic heterocycles. The minimum Gasteiger partial charge on any atom is -0.508 e. The zero-order chi connectivity index (χ0) is 12.7. The summed E-state index contributed by atoms with van der Waals surface area (Å²) >= 11 is 1.79. The van der Waals surface area contributed by atoms with Crippen LogP contribution in [0.15, 0.2) is 29.2 Å². The van der Waals surface area contributed by atoms with Crippen LogP contribution in [0.2, 0.25) is 0 Å². The van der Waals surface area contributed by atoms with Crippen LogP contribution in [0.5, 0.6) is 5.75 Å². The normalized spacial score (nSPS) is 26.0. The summed E-state index contributed by atoms with van der Waals surface area (Å²) in [6.07, 6.45) is 1.03. The molecule has 0 spiro atoms. The van der Waals surface area contributed by atoms with Crippen molar-refractivity contribution in [2.75, 3.05) is 0 Å². The molecule has 2 rings (SSSR count). The van der Waals surface area contributed by atoms with Crippen molar-refractivity contribution in [2.45, 2.75) is 55.5 Å². The van der Waals surface area contributed by atoms with E-state index in [-0.39, 0.29) is 11.2 Å². The van der Waals surface area contributed by atoms with Gasteiger partial charge in [0.25, 0.3) is 0 Å². The van der Waals surface area contributed by atoms with E-state index in [0.717, 1.165) is 11.3 Å². The number of aromatic hydroxyl groups is 1. The molecule has 1 aliphatic heterocycles. The van der Waals surface area contributed by atoms with Crippen molar-refractivity contribution in [3.05, 3.63) is 24.3 Å². The van der Waals surface area contributed by atoms with Gasteiger partial charge in [0.2, 0.25) is 0 Å². The van der Waals surface area contributed by atoms with Gasteiger partial charge < -0.3 is 9.84 Å². The zero-order valence-corrected chi connectivity index (χ0v) is 11.7. The average molecular weight is 252 g/mol. The fraction of sp³-hybridized carbons (Fsp3) is 0.571. The molecule has 1 aromatic rings. The van der Waals surface area contributed by atoms with Gasteiger partial charge in [-0.15, -0.1) is 11.8 Å². The Hall–Kier alpha value is -0.670. The highest BCUT2D eigenvalue weighted by Gasteiger charge is 2.46. The first-order valence-electron chi connectivity index (χ1n) is 5.94. The van der Waals surface area contributed by atoms with E-state index in [4.69, 9.17) is 4.74 Å². The Morgan fingerprint density at radius 2 is 2.00 bits per heavy atom. The quantitative estimate of drug-likeness (QED) is 0.867. The third-order valence-corrected chi connectivity index (χ3v) is 4.63. The number of hydrogen-bond acceptors (Lipinski definition) is 3. The number of hydrogen-bond donors (Lipinski definition) is 1. The maximum atomic E-state index is 9.48. The number of phenols is 1. The molecule has 1 aliphatic rings. The number of thioether (sulfide) groups is 1. The van der Waals surface area contributed by atoms with Gasteiger partial charge in [0, 0.05) is 10.1 Å². The smallest absolute Gasteiger partial charge is 0.116 e. The van der Waals surface area contributed by atoms with Gasteiger partial charge in [-0.2, -0.15) is 0 Å². The molecule has 1 atom stereocenters. The second-order valence-corrected chi connectivity index (χ2v) is 7.05. The lowest BCUT2D eigenvalue weighted by atomic mass is 10.0. The summed E-state index contributed by atoms with van der Waals surface area (Å²) in [5, 5.41) is 9.89. The molecular weight excluding hydrogens is 232 g/mol. The van der Waals surface area contributed by atoms with Crippen LogP contribution >= 0.6 is 11.8 Å². The molecule has 1 saturated heterocycles. The van der Waals surface area contributed by atoms with E-state index in [1.165, 1.54) is 0 Å². The third kappa shape index (κ3) is 2.96. The highest BCUT2D eigenvalue weighted by Crippen LogP contribution is 2.46. The lowest BCUT2D eigenvalue weighted by molar-refractivity contribution is -0.0631. The van der Waals surface area contributed by atoms with E-state index < -0.39 is 0 Å². The highest BCUT2D eigenvalue weighted by molar-refractivity contribution is 8.00. The molecule has 17 heavy (non-hydrogen) atoms. The van der Waals surface area contributed by atoms with Crippen LogP contribution in [-0.2, 0) is 4.74 Å². The fourth-order valence-electron chi connectivity index (χ4n) is 2.42. The highest BCUT2D eigenvalue weighted by atomic mass is 32.2. The van der Waals surface area contributed by atoms with Gasteiger partial charge in [0.1, 0.15) is 5.75 Å². The maximum Gasteiger partial charge on any atom is 0.116 e. The zero-order valence-electron chi connectivity index (χ0n) is 10.9. The molecule has 1 N–H and O–H groups in total. The summed E-state index contributed by atoms with van der Waals surface area (Å²) in [4.78, 5) is 1.10. The van der Waals surface area contributed by atoms with Crippen molar-refractivity contribution in [2.24, 2.45) is 0 Å². The Bertz CT molecular complexity index is 412. The Morgan fingerprint density at radius 1 is 1.29 bits per heavy atom. The van der Waals surface area contributed by atoms with Crippen molar-refractivity contribution in [1.29, 1.82) is 0 Å². The van der Waals surface area contributed by atoms with Crippen LogP contribution in [0.25, 0.3) is 0 Å². The van der Waals surface area contributed by atoms with Crippen LogP contribution in [0.4, 0.5) is 0 Å². The molecule has 0 aliphatic carbocycles. The lowest BCUT2D eigenvalue weighted by Gasteiger charge is -2.27. The Labute approximate surface area is 107 Å². The van der Waals surface area contributed by atoms with Crippen LogP contribution in [0.1, 0.15) is 34.1 Å². The van der Waals surface area contributed by atoms with Gasteiger partial charge in [-0.25, -0.2) is 0 Å². The fourth-order valence-corrected chi connectivity index (χ4v) is 3.91. The summed E-state index contributed by atoms with van der Waals surface area (Å²) < 4.78 is 6.07. The predicted molar refractivity (Wildman–Crippen MR) is 71.6 cm³/mol. The van der Waals surface area contributed by atoms with E-state index >= 15 is 0 Å².